The standard InChI is InChI=1S/C19H29NO2/c1-18(2,3)16-11-19(13-20,12-17(21)22)10-15(16)9-14-7-5-4-6-8-14/h4-8,15-16H,9-13,20H2,1-3H3,(H,21,22)/t15-,16-,19+/m0/s1. The first kappa shape index (κ1) is 17.0. The molecule has 0 amide bonds. The van der Waals surface area contributed by atoms with Crippen LogP contribution >= 0.6 is 0 Å². The molecular formula is C19H29NO2. The van der Waals surface area contributed by atoms with E-state index in [1.165, 1.54) is 5.56 Å². The van der Waals surface area contributed by atoms with Crippen LogP contribution in [0.5, 0.6) is 0 Å². The molecule has 0 radical (unpaired) electrons. The highest BCUT2D eigenvalue weighted by atomic mass is 16.4. The van der Waals surface area contributed by atoms with Crippen LogP contribution in [-0.2, 0) is 11.2 Å². The zero-order chi connectivity index (χ0) is 16.4. The summed E-state index contributed by atoms with van der Waals surface area (Å²) < 4.78 is 0. The molecule has 0 aromatic heterocycles. The maximum Gasteiger partial charge on any atom is 0.303 e. The van der Waals surface area contributed by atoms with Crippen molar-refractivity contribution in [1.82, 2.24) is 0 Å². The molecule has 1 aromatic rings. The van der Waals surface area contributed by atoms with Crippen molar-refractivity contribution in [2.75, 3.05) is 6.54 Å². The van der Waals surface area contributed by atoms with Gasteiger partial charge in [0, 0.05) is 0 Å². The topological polar surface area (TPSA) is 63.3 Å². The van der Waals surface area contributed by atoms with Crippen LogP contribution in [-0.4, -0.2) is 17.6 Å². The minimum atomic E-state index is -0.724. The summed E-state index contributed by atoms with van der Waals surface area (Å²) in [6, 6.07) is 10.5. The first-order chi connectivity index (χ1) is 10.3. The predicted molar refractivity (Wildman–Crippen MR) is 89.6 cm³/mol. The van der Waals surface area contributed by atoms with E-state index in [1.54, 1.807) is 0 Å². The maximum absolute atomic E-state index is 11.3. The lowest BCUT2D eigenvalue weighted by molar-refractivity contribution is -0.139. The second kappa shape index (κ2) is 6.41. The monoisotopic (exact) mass is 303 g/mol. The molecule has 0 unspecified atom stereocenters. The molecule has 1 aliphatic rings. The molecule has 0 aliphatic heterocycles. The largest absolute Gasteiger partial charge is 0.481 e. The van der Waals surface area contributed by atoms with Gasteiger partial charge >= 0.3 is 5.97 Å². The SMILES string of the molecule is CC(C)(C)[C@H]1C[C@@](CN)(CC(=O)O)C[C@@H]1Cc1ccccc1. The highest BCUT2D eigenvalue weighted by molar-refractivity contribution is 5.67. The molecule has 3 N–H and O–H groups in total. The van der Waals surface area contributed by atoms with Gasteiger partial charge in [-0.2, -0.15) is 0 Å². The van der Waals surface area contributed by atoms with Crippen LogP contribution in [0.15, 0.2) is 30.3 Å². The number of rotatable bonds is 5. The molecule has 3 atom stereocenters. The fraction of sp³-hybridized carbons (Fsp3) is 0.632. The number of nitrogens with two attached hydrogens (primary N) is 1. The van der Waals surface area contributed by atoms with Crippen LogP contribution in [0.2, 0.25) is 0 Å². The Bertz CT molecular complexity index is 506. The Morgan fingerprint density at radius 1 is 1.27 bits per heavy atom. The van der Waals surface area contributed by atoms with Crippen LogP contribution in [0.1, 0.15) is 45.6 Å². The highest BCUT2D eigenvalue weighted by Crippen LogP contribution is 2.54. The molecule has 3 nitrogen and oxygen atoms in total. The van der Waals surface area contributed by atoms with E-state index in [4.69, 9.17) is 5.73 Å². The van der Waals surface area contributed by atoms with Gasteiger partial charge in [-0.3, -0.25) is 4.79 Å². The number of hydrogen-bond acceptors (Lipinski definition) is 2. The first-order valence-corrected chi connectivity index (χ1v) is 8.21. The van der Waals surface area contributed by atoms with E-state index < -0.39 is 5.97 Å². The number of carboxylic acids is 1. The minimum Gasteiger partial charge on any atom is -0.481 e. The van der Waals surface area contributed by atoms with Gasteiger partial charge in [0.15, 0.2) is 0 Å². The van der Waals surface area contributed by atoms with Crippen molar-refractivity contribution in [2.24, 2.45) is 28.4 Å². The Morgan fingerprint density at radius 3 is 2.41 bits per heavy atom. The Morgan fingerprint density at radius 2 is 1.91 bits per heavy atom. The van der Waals surface area contributed by atoms with Gasteiger partial charge in [-0.15, -0.1) is 0 Å². The number of benzene rings is 1. The van der Waals surface area contributed by atoms with E-state index in [0.29, 0.717) is 18.4 Å². The smallest absolute Gasteiger partial charge is 0.303 e. The lowest BCUT2D eigenvalue weighted by atomic mass is 9.72. The first-order valence-electron chi connectivity index (χ1n) is 8.21. The Kier molecular flexibility index (Phi) is 4.96. The average Bonchev–Trinajstić information content (AvgIpc) is 2.78. The fourth-order valence-corrected chi connectivity index (χ4v) is 4.26. The second-order valence-electron chi connectivity index (χ2n) is 8.11. The van der Waals surface area contributed by atoms with Crippen molar-refractivity contribution in [3.05, 3.63) is 35.9 Å². The maximum atomic E-state index is 11.3. The Hall–Kier alpha value is -1.35. The van der Waals surface area contributed by atoms with Crippen LogP contribution in [0.25, 0.3) is 0 Å². The summed E-state index contributed by atoms with van der Waals surface area (Å²) in [5.41, 5.74) is 7.30. The van der Waals surface area contributed by atoms with E-state index >= 15 is 0 Å². The average molecular weight is 303 g/mol. The molecule has 0 saturated heterocycles. The highest BCUT2D eigenvalue weighted by Gasteiger charge is 2.48. The molecule has 2 rings (SSSR count). The van der Waals surface area contributed by atoms with Gasteiger partial charge < -0.3 is 10.8 Å². The lowest BCUT2D eigenvalue weighted by Gasteiger charge is -2.33. The minimum absolute atomic E-state index is 0.175. The normalized spacial score (nSPS) is 28.7. The fourth-order valence-electron chi connectivity index (χ4n) is 4.26. The summed E-state index contributed by atoms with van der Waals surface area (Å²) in [6.07, 6.45) is 3.06. The molecule has 3 heteroatoms. The number of carbonyl (C=O) groups is 1. The lowest BCUT2D eigenvalue weighted by Crippen LogP contribution is -2.31. The van der Waals surface area contributed by atoms with Crippen molar-refractivity contribution in [3.63, 3.8) is 0 Å². The summed E-state index contributed by atoms with van der Waals surface area (Å²) in [4.78, 5) is 11.3. The van der Waals surface area contributed by atoms with Crippen molar-refractivity contribution >= 4 is 5.97 Å². The van der Waals surface area contributed by atoms with Gasteiger partial charge in [-0.25, -0.2) is 0 Å². The molecule has 22 heavy (non-hydrogen) atoms. The van der Waals surface area contributed by atoms with Gasteiger partial charge in [0.2, 0.25) is 0 Å². The van der Waals surface area contributed by atoms with Gasteiger partial charge in [-0.05, 0) is 54.0 Å². The van der Waals surface area contributed by atoms with Gasteiger partial charge in [0.05, 0.1) is 6.42 Å². The van der Waals surface area contributed by atoms with E-state index in [9.17, 15) is 9.90 Å². The second-order valence-corrected chi connectivity index (χ2v) is 8.11. The van der Waals surface area contributed by atoms with Gasteiger partial charge in [0.25, 0.3) is 0 Å². The molecular weight excluding hydrogens is 274 g/mol. The summed E-state index contributed by atoms with van der Waals surface area (Å²) in [6.45, 7) is 7.27. The Labute approximate surface area is 133 Å². The van der Waals surface area contributed by atoms with Crippen molar-refractivity contribution < 1.29 is 9.90 Å². The van der Waals surface area contributed by atoms with Crippen molar-refractivity contribution in [2.45, 2.75) is 46.5 Å². The molecule has 0 spiro atoms. The van der Waals surface area contributed by atoms with Crippen LogP contribution < -0.4 is 5.73 Å². The molecule has 1 saturated carbocycles. The quantitative estimate of drug-likeness (QED) is 0.871. The van der Waals surface area contributed by atoms with Crippen LogP contribution in [0, 0.1) is 22.7 Å². The van der Waals surface area contributed by atoms with E-state index in [1.807, 2.05) is 6.07 Å². The third-order valence-electron chi connectivity index (χ3n) is 5.33. The third-order valence-corrected chi connectivity index (χ3v) is 5.33. The summed E-state index contributed by atoms with van der Waals surface area (Å²) in [7, 11) is 0. The van der Waals surface area contributed by atoms with Crippen molar-refractivity contribution in [1.29, 1.82) is 0 Å². The zero-order valence-electron chi connectivity index (χ0n) is 14.0. The number of hydrogen-bond donors (Lipinski definition) is 2. The van der Waals surface area contributed by atoms with Gasteiger partial charge in [-0.1, -0.05) is 51.1 Å². The molecule has 1 aliphatic carbocycles. The summed E-state index contributed by atoms with van der Waals surface area (Å²) >= 11 is 0. The van der Waals surface area contributed by atoms with Crippen molar-refractivity contribution in [3.8, 4) is 0 Å². The zero-order valence-corrected chi connectivity index (χ0v) is 14.0. The van der Waals surface area contributed by atoms with Crippen LogP contribution in [0.4, 0.5) is 0 Å². The Balaban J connectivity index is 2.23. The van der Waals surface area contributed by atoms with Gasteiger partial charge in [0.1, 0.15) is 0 Å². The summed E-state index contributed by atoms with van der Waals surface area (Å²) in [5, 5.41) is 9.28. The molecule has 1 fully saturated rings. The van der Waals surface area contributed by atoms with E-state index in [-0.39, 0.29) is 17.3 Å². The molecule has 0 bridgehead atoms. The third kappa shape index (κ3) is 3.89. The molecule has 122 valence electrons. The number of aliphatic carboxylic acids is 1. The van der Waals surface area contributed by atoms with E-state index in [2.05, 4.69) is 45.0 Å². The van der Waals surface area contributed by atoms with E-state index in [0.717, 1.165) is 19.3 Å². The predicted octanol–water partition coefficient (Wildman–Crippen LogP) is 3.72. The summed E-state index contributed by atoms with van der Waals surface area (Å²) in [5.74, 6) is 0.291. The number of carboxylic acid groups (broad SMARTS) is 1. The molecule has 0 heterocycles. The van der Waals surface area contributed by atoms with Crippen LogP contribution in [0.3, 0.4) is 0 Å². The molecule has 1 aromatic carbocycles.